The quantitative estimate of drug-likeness (QED) is 0.126. The van der Waals surface area contributed by atoms with Crippen LogP contribution in [0.4, 0.5) is 0 Å². The van der Waals surface area contributed by atoms with Crippen molar-refractivity contribution >= 4 is 172 Å². The first-order valence-electron chi connectivity index (χ1n) is 46.3. The van der Waals surface area contributed by atoms with Crippen LogP contribution in [0, 0.1) is 27.7 Å². The summed E-state index contributed by atoms with van der Waals surface area (Å²) in [6.07, 6.45) is 0. The van der Waals surface area contributed by atoms with E-state index in [0.29, 0.717) is 0 Å². The molecule has 0 aliphatic rings. The van der Waals surface area contributed by atoms with Crippen molar-refractivity contribution in [2.45, 2.75) is 27.7 Å². The van der Waals surface area contributed by atoms with Crippen molar-refractivity contribution in [3.63, 3.8) is 0 Å². The summed E-state index contributed by atoms with van der Waals surface area (Å²) in [7, 11) is 0. The third kappa shape index (κ3) is 13.7. The van der Waals surface area contributed by atoms with Crippen LogP contribution in [0.2, 0.25) is 0 Å². The van der Waals surface area contributed by atoms with Gasteiger partial charge in [-0.05, 0) is 327 Å². The standard InChI is InChI=1S/C39H26.C35H24.C29H18S.C29H20/c1-25-11-12-32(24-37(25)27-8-3-2-4-9-27)34-20-16-29-17-21-35-33(19-15-28-18-22-36(34)39(29)38(28)35)31-14-13-26-7-5-6-10-30(26)23-31;1-23-20-28(24-8-4-2-5-9-24)22-29(21-23)31-17-13-27-14-18-32-30(25-10-6-3-7-11-25)16-12-26-15-19-33(31)35(27)34(26)32;1-17-6-7-18-10-14-24-22(13-9-19-8-12-21(17)28(18)29(19)24)20-11-15-27-25(16-20)23-4-2-3-5-26(23)30-27;1-19-8-10-20(11-9-19)24-6-3-7-25(18-24)26-16-14-23-13-12-21-4-2-5-22-15-17-27(26)29(23)28(21)22/h2-24H,1H3;2-22H,1H3;2-16H,1H3;2-18H,1H3. The molecule has 0 saturated carbocycles. The summed E-state index contributed by atoms with van der Waals surface area (Å²) in [6.45, 7) is 8.73. The van der Waals surface area contributed by atoms with Gasteiger partial charge in [-0.1, -0.05) is 424 Å². The number of benzene rings is 27. The Morgan fingerprint density at radius 2 is 0.444 bits per heavy atom. The molecule has 0 amide bonds. The molecule has 0 radical (unpaired) electrons. The fraction of sp³-hybridized carbons (Fsp3) is 0.0303. The van der Waals surface area contributed by atoms with Gasteiger partial charge < -0.3 is 0 Å². The fourth-order valence-electron chi connectivity index (χ4n) is 21.7. The van der Waals surface area contributed by atoms with Crippen molar-refractivity contribution in [1.82, 2.24) is 0 Å². The molecule has 0 unspecified atom stereocenters. The minimum absolute atomic E-state index is 1.25. The van der Waals surface area contributed by atoms with Gasteiger partial charge in [0.25, 0.3) is 0 Å². The van der Waals surface area contributed by atoms with Crippen LogP contribution in [0.25, 0.3) is 260 Å². The van der Waals surface area contributed by atoms with Crippen LogP contribution in [0.5, 0.6) is 0 Å². The monoisotopic (exact) mass is 1700 g/mol. The molecular formula is C132H88S. The van der Waals surface area contributed by atoms with Crippen molar-refractivity contribution in [3.05, 3.63) is 483 Å². The van der Waals surface area contributed by atoms with Crippen LogP contribution in [-0.4, -0.2) is 0 Å². The molecular weight excluding hydrogens is 1620 g/mol. The minimum Gasteiger partial charge on any atom is -0.135 e. The van der Waals surface area contributed by atoms with Crippen LogP contribution >= 0.6 is 11.3 Å². The van der Waals surface area contributed by atoms with Gasteiger partial charge in [0.15, 0.2) is 0 Å². The number of fused-ring (bicyclic) bond motifs is 4. The summed E-state index contributed by atoms with van der Waals surface area (Å²) in [5.74, 6) is 0. The Balaban J connectivity index is 0.0000000957. The van der Waals surface area contributed by atoms with E-state index in [4.69, 9.17) is 0 Å². The summed E-state index contributed by atoms with van der Waals surface area (Å²) in [5.41, 5.74) is 28.1. The highest BCUT2D eigenvalue weighted by Crippen LogP contribution is 2.49. The maximum Gasteiger partial charge on any atom is 0.0355 e. The van der Waals surface area contributed by atoms with Crippen molar-refractivity contribution in [2.75, 3.05) is 0 Å². The van der Waals surface area contributed by atoms with Crippen molar-refractivity contribution in [1.29, 1.82) is 0 Å². The maximum atomic E-state index is 2.38. The van der Waals surface area contributed by atoms with E-state index in [1.165, 1.54) is 283 Å². The minimum atomic E-state index is 1.25. The molecule has 622 valence electrons. The Hall–Kier alpha value is -16.4. The lowest BCUT2D eigenvalue weighted by Gasteiger charge is -2.17. The lowest BCUT2D eigenvalue weighted by Crippen LogP contribution is -1.90. The van der Waals surface area contributed by atoms with Gasteiger partial charge in [-0.25, -0.2) is 0 Å². The van der Waals surface area contributed by atoms with Gasteiger partial charge in [0.2, 0.25) is 0 Å². The molecule has 0 N–H and O–H groups in total. The molecule has 28 rings (SSSR count). The first-order chi connectivity index (χ1) is 65.6. The molecule has 27 aromatic carbocycles. The summed E-state index contributed by atoms with van der Waals surface area (Å²) in [5, 5.41) is 37.3. The molecule has 0 nitrogen and oxygen atoms in total. The second-order valence-corrected chi connectivity index (χ2v) is 37.3. The Morgan fingerprint density at radius 1 is 0.128 bits per heavy atom. The summed E-state index contributed by atoms with van der Waals surface area (Å²) < 4.78 is 2.71. The first-order valence-corrected chi connectivity index (χ1v) is 47.1. The Labute approximate surface area is 776 Å². The molecule has 133 heavy (non-hydrogen) atoms. The van der Waals surface area contributed by atoms with Crippen LogP contribution < -0.4 is 0 Å². The van der Waals surface area contributed by atoms with E-state index >= 15 is 0 Å². The Morgan fingerprint density at radius 3 is 0.992 bits per heavy atom. The normalized spacial score (nSPS) is 11.8. The van der Waals surface area contributed by atoms with E-state index in [1.807, 2.05) is 11.3 Å². The predicted octanol–water partition coefficient (Wildman–Crippen LogP) is 38.1. The van der Waals surface area contributed by atoms with Crippen LogP contribution in [0.1, 0.15) is 22.3 Å². The van der Waals surface area contributed by atoms with Crippen molar-refractivity contribution in [3.8, 4) is 100 Å². The highest BCUT2D eigenvalue weighted by Gasteiger charge is 2.22. The van der Waals surface area contributed by atoms with Gasteiger partial charge in [0, 0.05) is 20.2 Å². The van der Waals surface area contributed by atoms with E-state index < -0.39 is 0 Å². The third-order valence-corrected chi connectivity index (χ3v) is 29.4. The molecule has 1 heterocycles. The van der Waals surface area contributed by atoms with Crippen LogP contribution in [0.15, 0.2) is 461 Å². The zero-order valence-electron chi connectivity index (χ0n) is 74.3. The highest BCUT2D eigenvalue weighted by atomic mass is 32.1. The highest BCUT2D eigenvalue weighted by molar-refractivity contribution is 7.25. The van der Waals surface area contributed by atoms with E-state index in [9.17, 15) is 0 Å². The van der Waals surface area contributed by atoms with Gasteiger partial charge in [-0.3, -0.25) is 0 Å². The van der Waals surface area contributed by atoms with Crippen LogP contribution in [0.3, 0.4) is 0 Å². The van der Waals surface area contributed by atoms with Gasteiger partial charge >= 0.3 is 0 Å². The van der Waals surface area contributed by atoms with E-state index in [1.54, 1.807) is 0 Å². The Bertz CT molecular complexity index is 9390. The molecule has 0 spiro atoms. The van der Waals surface area contributed by atoms with E-state index in [2.05, 4.69) is 489 Å². The van der Waals surface area contributed by atoms with Gasteiger partial charge in [-0.2, -0.15) is 0 Å². The molecule has 0 aliphatic carbocycles. The average Bonchev–Trinajstić information content (AvgIpc) is 1.53. The maximum absolute atomic E-state index is 2.38. The topological polar surface area (TPSA) is 0 Å². The molecule has 1 heteroatoms. The zero-order chi connectivity index (χ0) is 88.5. The molecule has 28 aromatic rings. The van der Waals surface area contributed by atoms with E-state index in [0.717, 1.165) is 0 Å². The fourth-order valence-corrected chi connectivity index (χ4v) is 22.8. The molecule has 0 atom stereocenters. The Kier molecular flexibility index (Phi) is 19.2. The number of rotatable bonds is 9. The second-order valence-electron chi connectivity index (χ2n) is 36.2. The molecule has 0 bridgehead atoms. The lowest BCUT2D eigenvalue weighted by atomic mass is 9.86. The van der Waals surface area contributed by atoms with Crippen LogP contribution in [-0.2, 0) is 0 Å². The zero-order valence-corrected chi connectivity index (χ0v) is 75.1. The van der Waals surface area contributed by atoms with Gasteiger partial charge in [0.05, 0.1) is 0 Å². The predicted molar refractivity (Wildman–Crippen MR) is 579 cm³/mol. The number of hydrogen-bond donors (Lipinski definition) is 0. The average molecular weight is 1710 g/mol. The second kappa shape index (κ2) is 32.3. The number of aryl methyl sites for hydroxylation is 4. The molecule has 0 saturated heterocycles. The van der Waals surface area contributed by atoms with Gasteiger partial charge in [0.1, 0.15) is 0 Å². The molecule has 0 fully saturated rings. The SMILES string of the molecule is Cc1cc(-c2ccccc2)cc(-c2ccc3ccc4c(-c5ccccc5)ccc5ccc2c3c54)c1.Cc1ccc(-c2ccc3ccc4c(-c5ccc6ccccc6c5)ccc5ccc2c3c54)cc1-c1ccccc1.Cc1ccc(-c2cccc(-c3ccc4ccc5cccc6ccc3c4c56)c2)cc1.Cc1ccc2ccc3c(-c4ccc5sc6ccccc6c5c4)ccc4ccc1c2c43. The van der Waals surface area contributed by atoms with Gasteiger partial charge in [-0.15, -0.1) is 11.3 Å². The summed E-state index contributed by atoms with van der Waals surface area (Å²) in [4.78, 5) is 0. The molecule has 1 aromatic heterocycles. The number of thiophene rings is 1. The summed E-state index contributed by atoms with van der Waals surface area (Å²) in [6, 6.07) is 170. The lowest BCUT2D eigenvalue weighted by molar-refractivity contribution is 1.46. The molecule has 0 aliphatic heterocycles. The van der Waals surface area contributed by atoms with E-state index in [-0.39, 0.29) is 0 Å². The smallest absolute Gasteiger partial charge is 0.0355 e. The van der Waals surface area contributed by atoms with Crippen molar-refractivity contribution in [2.24, 2.45) is 0 Å². The first kappa shape index (κ1) is 78.8. The largest absolute Gasteiger partial charge is 0.135 e. The number of hydrogen-bond acceptors (Lipinski definition) is 1. The summed E-state index contributed by atoms with van der Waals surface area (Å²) >= 11 is 1.88. The van der Waals surface area contributed by atoms with Crippen molar-refractivity contribution < 1.29 is 0 Å². The third-order valence-electron chi connectivity index (χ3n) is 28.3.